The molecule has 1 aromatic heterocycles. The van der Waals surface area contributed by atoms with Gasteiger partial charge in [-0.15, -0.1) is 4.40 Å². The molecule has 0 radical (unpaired) electrons. The van der Waals surface area contributed by atoms with E-state index in [4.69, 9.17) is 9.31 Å². The van der Waals surface area contributed by atoms with Crippen molar-refractivity contribution in [2.45, 2.75) is 63.7 Å². The van der Waals surface area contributed by atoms with Gasteiger partial charge < -0.3 is 14.3 Å². The predicted molar refractivity (Wildman–Crippen MR) is 144 cm³/mol. The van der Waals surface area contributed by atoms with Crippen LogP contribution in [0.1, 0.15) is 58.7 Å². The van der Waals surface area contributed by atoms with E-state index in [2.05, 4.69) is 14.5 Å². The maximum atomic E-state index is 12.9. The van der Waals surface area contributed by atoms with Gasteiger partial charge in [0.15, 0.2) is 5.84 Å². The fourth-order valence-corrected chi connectivity index (χ4v) is 5.71. The number of rotatable bonds is 4. The van der Waals surface area contributed by atoms with Gasteiger partial charge >= 0.3 is 12.8 Å². The molecule has 0 bridgehead atoms. The summed E-state index contributed by atoms with van der Waals surface area (Å²) >= 11 is 0. The van der Waals surface area contributed by atoms with Gasteiger partial charge in [0, 0.05) is 18.7 Å². The molecular weight excluding hydrogens is 493 g/mol. The molecule has 194 valence electrons. The number of nitrogens with one attached hydrogen (secondary N) is 1. The summed E-state index contributed by atoms with van der Waals surface area (Å²) < 4.78 is 43.7. The first-order valence-corrected chi connectivity index (χ1v) is 13.5. The number of imidazole rings is 1. The van der Waals surface area contributed by atoms with Crippen LogP contribution in [-0.4, -0.2) is 60.4 Å². The lowest BCUT2D eigenvalue weighted by atomic mass is 9.79. The third-order valence-corrected chi connectivity index (χ3v) is 8.51. The van der Waals surface area contributed by atoms with E-state index in [9.17, 15) is 13.2 Å². The van der Waals surface area contributed by atoms with Crippen LogP contribution in [0.2, 0.25) is 0 Å². The first-order chi connectivity index (χ1) is 17.2. The standard InChI is InChI=1S/C25H30BN5O5S/c1-15(2)31-20-12-16(8-11-19(20)28-23(31)32)14-27-30(7)22-18-10-9-17(13-21(18)37(33,34)29-22)26-35-24(3,4)25(5,6)36-26/h8-15H,1-7H3,(H,28,32)/b27-14+. The quantitative estimate of drug-likeness (QED) is 0.319. The molecule has 5 rings (SSSR count). The summed E-state index contributed by atoms with van der Waals surface area (Å²) in [5.74, 6) is 0.216. The Hall–Kier alpha value is -3.22. The van der Waals surface area contributed by atoms with E-state index in [1.54, 1.807) is 36.0 Å². The maximum absolute atomic E-state index is 12.9. The summed E-state index contributed by atoms with van der Waals surface area (Å²) in [6.07, 6.45) is 1.60. The van der Waals surface area contributed by atoms with E-state index in [1.165, 1.54) is 5.01 Å². The summed E-state index contributed by atoms with van der Waals surface area (Å²) in [7, 11) is -2.96. The maximum Gasteiger partial charge on any atom is 0.494 e. The first kappa shape index (κ1) is 25.4. The number of aromatic amines is 1. The summed E-state index contributed by atoms with van der Waals surface area (Å²) in [6, 6.07) is 10.6. The number of hydrogen-bond donors (Lipinski definition) is 1. The van der Waals surface area contributed by atoms with Crippen molar-refractivity contribution in [1.82, 2.24) is 14.6 Å². The number of aromatic nitrogens is 2. The van der Waals surface area contributed by atoms with Gasteiger partial charge in [0.05, 0.1) is 28.5 Å². The van der Waals surface area contributed by atoms with Crippen LogP contribution in [-0.2, 0) is 19.3 Å². The molecule has 0 amide bonds. The Morgan fingerprint density at radius 1 is 1.11 bits per heavy atom. The highest BCUT2D eigenvalue weighted by atomic mass is 32.2. The highest BCUT2D eigenvalue weighted by Crippen LogP contribution is 2.37. The van der Waals surface area contributed by atoms with Gasteiger partial charge in [0.1, 0.15) is 4.90 Å². The normalized spacial score (nSPS) is 19.7. The molecule has 0 unspecified atom stereocenters. The molecule has 2 aromatic carbocycles. The zero-order chi connectivity index (χ0) is 26.9. The van der Waals surface area contributed by atoms with E-state index in [-0.39, 0.29) is 22.5 Å². The van der Waals surface area contributed by atoms with Crippen LogP contribution in [0.25, 0.3) is 11.0 Å². The van der Waals surface area contributed by atoms with E-state index >= 15 is 0 Å². The molecule has 0 aliphatic carbocycles. The number of benzene rings is 2. The Morgan fingerprint density at radius 2 is 1.78 bits per heavy atom. The third-order valence-electron chi connectivity index (χ3n) is 7.20. The molecule has 3 aromatic rings. The fraction of sp³-hybridized carbons (Fsp3) is 0.400. The second kappa shape index (κ2) is 8.40. The molecule has 3 heterocycles. The average Bonchev–Trinajstić information content (AvgIpc) is 3.36. The molecular formula is C25H30BN5O5S. The lowest BCUT2D eigenvalue weighted by Crippen LogP contribution is -2.41. The minimum Gasteiger partial charge on any atom is -0.399 e. The number of amidine groups is 1. The summed E-state index contributed by atoms with van der Waals surface area (Å²) in [6.45, 7) is 11.7. The van der Waals surface area contributed by atoms with Crippen LogP contribution < -0.4 is 11.2 Å². The van der Waals surface area contributed by atoms with Crippen LogP contribution in [0.4, 0.5) is 0 Å². The van der Waals surface area contributed by atoms with Gasteiger partial charge in [-0.2, -0.15) is 13.5 Å². The van der Waals surface area contributed by atoms with Crippen molar-refractivity contribution in [2.75, 3.05) is 7.05 Å². The molecule has 1 saturated heterocycles. The van der Waals surface area contributed by atoms with Crippen LogP contribution in [0.5, 0.6) is 0 Å². The van der Waals surface area contributed by atoms with Crippen molar-refractivity contribution in [3.63, 3.8) is 0 Å². The van der Waals surface area contributed by atoms with Crippen molar-refractivity contribution in [3.8, 4) is 0 Å². The number of hydrogen-bond acceptors (Lipinski definition) is 7. The first-order valence-electron chi connectivity index (χ1n) is 12.1. The molecule has 2 aliphatic rings. The third kappa shape index (κ3) is 4.22. The largest absolute Gasteiger partial charge is 0.494 e. The summed E-state index contributed by atoms with van der Waals surface area (Å²) in [5.41, 5.74) is 2.08. The van der Waals surface area contributed by atoms with Gasteiger partial charge in [-0.3, -0.25) is 4.57 Å². The molecule has 0 spiro atoms. The average molecular weight is 523 g/mol. The van der Waals surface area contributed by atoms with Gasteiger partial charge in [-0.1, -0.05) is 18.2 Å². The van der Waals surface area contributed by atoms with Gasteiger partial charge in [0.25, 0.3) is 10.0 Å². The monoisotopic (exact) mass is 523 g/mol. The second-order valence-electron chi connectivity index (χ2n) is 10.7. The Bertz CT molecular complexity index is 1620. The number of hydrazone groups is 1. The van der Waals surface area contributed by atoms with Gasteiger partial charge in [-0.05, 0) is 70.8 Å². The van der Waals surface area contributed by atoms with E-state index in [1.807, 2.05) is 59.7 Å². The lowest BCUT2D eigenvalue weighted by molar-refractivity contribution is 0.00578. The van der Waals surface area contributed by atoms with Crippen molar-refractivity contribution >= 4 is 45.7 Å². The van der Waals surface area contributed by atoms with E-state index < -0.39 is 28.3 Å². The van der Waals surface area contributed by atoms with Crippen LogP contribution in [0, 0.1) is 0 Å². The zero-order valence-corrected chi connectivity index (χ0v) is 22.8. The van der Waals surface area contributed by atoms with Crippen molar-refractivity contribution in [3.05, 3.63) is 58.0 Å². The van der Waals surface area contributed by atoms with Crippen LogP contribution in [0.15, 0.2) is 55.6 Å². The minimum atomic E-state index is -3.91. The summed E-state index contributed by atoms with van der Waals surface area (Å²) in [4.78, 5) is 15.2. The number of nitrogens with zero attached hydrogens (tertiary/aromatic N) is 4. The topological polar surface area (TPSA) is 118 Å². The molecule has 37 heavy (non-hydrogen) atoms. The molecule has 2 aliphatic heterocycles. The molecule has 1 fully saturated rings. The number of sulfonamides is 1. The van der Waals surface area contributed by atoms with Crippen molar-refractivity contribution in [1.29, 1.82) is 0 Å². The fourth-order valence-electron chi connectivity index (χ4n) is 4.45. The molecule has 10 nitrogen and oxygen atoms in total. The molecule has 12 heteroatoms. The Kier molecular flexibility index (Phi) is 5.78. The highest BCUT2D eigenvalue weighted by molar-refractivity contribution is 7.90. The van der Waals surface area contributed by atoms with E-state index in [0.29, 0.717) is 11.0 Å². The van der Waals surface area contributed by atoms with E-state index in [0.717, 1.165) is 16.6 Å². The van der Waals surface area contributed by atoms with Crippen molar-refractivity contribution < 1.29 is 17.7 Å². The van der Waals surface area contributed by atoms with Crippen LogP contribution >= 0.6 is 0 Å². The Labute approximate surface area is 216 Å². The van der Waals surface area contributed by atoms with Crippen molar-refractivity contribution in [2.24, 2.45) is 9.50 Å². The highest BCUT2D eigenvalue weighted by Gasteiger charge is 2.52. The van der Waals surface area contributed by atoms with Gasteiger partial charge in [-0.25, -0.2) is 9.80 Å². The number of H-pyrrole nitrogens is 1. The minimum absolute atomic E-state index is 0.00673. The molecule has 1 N–H and O–H groups in total. The molecule has 0 atom stereocenters. The zero-order valence-electron chi connectivity index (χ0n) is 21.9. The second-order valence-corrected chi connectivity index (χ2v) is 12.2. The van der Waals surface area contributed by atoms with Gasteiger partial charge in [0.2, 0.25) is 0 Å². The smallest absolute Gasteiger partial charge is 0.399 e. The van der Waals surface area contributed by atoms with Crippen LogP contribution in [0.3, 0.4) is 0 Å². The Morgan fingerprint density at radius 3 is 2.43 bits per heavy atom. The Balaban J connectivity index is 1.43. The SMILES string of the molecule is CC(C)n1c(=O)[nH]c2ccc(/C=N/N(C)C3=NS(=O)(=O)c4cc(B5OC(C)(C)C(C)(C)O5)ccc43)cc21. The molecule has 0 saturated carbocycles. The summed E-state index contributed by atoms with van der Waals surface area (Å²) in [5, 5.41) is 5.86. The predicted octanol–water partition coefficient (Wildman–Crippen LogP) is 2.62. The lowest BCUT2D eigenvalue weighted by Gasteiger charge is -2.32. The number of fused-ring (bicyclic) bond motifs is 2.